The van der Waals surface area contributed by atoms with E-state index in [2.05, 4.69) is 82.5 Å². The van der Waals surface area contributed by atoms with Gasteiger partial charge in [-0.2, -0.15) is 0 Å². The first-order valence-electron chi connectivity index (χ1n) is 9.33. The minimum atomic E-state index is 0.789. The lowest BCUT2D eigenvalue weighted by Crippen LogP contribution is -2.24. The van der Waals surface area contributed by atoms with Gasteiger partial charge in [-0.3, -0.25) is 0 Å². The van der Waals surface area contributed by atoms with E-state index >= 15 is 0 Å². The summed E-state index contributed by atoms with van der Waals surface area (Å²) < 4.78 is 8.37. The van der Waals surface area contributed by atoms with Crippen LogP contribution in [0.25, 0.3) is 21.2 Å². The van der Waals surface area contributed by atoms with Crippen LogP contribution in [0, 0.1) is 0 Å². The predicted octanol–water partition coefficient (Wildman–Crippen LogP) is 6.83. The van der Waals surface area contributed by atoms with Crippen LogP contribution in [0.5, 0.6) is 5.75 Å². The number of rotatable bonds is 9. The zero-order valence-corrected chi connectivity index (χ0v) is 17.9. The SMILES string of the molecule is CCN(CC)CCCCOc1ccc2c(-c3ccc(Br)cc3)csc2c1. The van der Waals surface area contributed by atoms with Crippen molar-refractivity contribution in [3.8, 4) is 16.9 Å². The molecule has 2 nitrogen and oxygen atoms in total. The number of hydrogen-bond acceptors (Lipinski definition) is 3. The van der Waals surface area contributed by atoms with Crippen molar-refractivity contribution >= 4 is 37.4 Å². The highest BCUT2D eigenvalue weighted by Crippen LogP contribution is 2.36. The second-order valence-corrected chi connectivity index (χ2v) is 8.22. The zero-order chi connectivity index (χ0) is 18.4. The van der Waals surface area contributed by atoms with E-state index < -0.39 is 0 Å². The molecular weight excluding hydrogens is 406 g/mol. The summed E-state index contributed by atoms with van der Waals surface area (Å²) in [5.74, 6) is 0.976. The van der Waals surface area contributed by atoms with Crippen molar-refractivity contribution < 1.29 is 4.74 Å². The first-order chi connectivity index (χ1) is 12.7. The number of benzene rings is 2. The average molecular weight is 432 g/mol. The van der Waals surface area contributed by atoms with E-state index in [9.17, 15) is 0 Å². The summed E-state index contributed by atoms with van der Waals surface area (Å²) in [6, 6.07) is 15.0. The molecule has 0 aliphatic heterocycles. The first-order valence-corrected chi connectivity index (χ1v) is 11.0. The third-order valence-electron chi connectivity index (χ3n) is 4.73. The fourth-order valence-electron chi connectivity index (χ4n) is 3.12. The molecule has 0 bridgehead atoms. The Bertz CT molecular complexity index is 824. The van der Waals surface area contributed by atoms with Crippen molar-refractivity contribution in [2.75, 3.05) is 26.2 Å². The van der Waals surface area contributed by atoms with Gasteiger partial charge in [-0.05, 0) is 73.8 Å². The predicted molar refractivity (Wildman–Crippen MR) is 117 cm³/mol. The molecule has 0 amide bonds. The Morgan fingerprint density at radius 3 is 2.50 bits per heavy atom. The number of hydrogen-bond donors (Lipinski definition) is 0. The van der Waals surface area contributed by atoms with Gasteiger partial charge < -0.3 is 9.64 Å². The third kappa shape index (κ3) is 4.87. The van der Waals surface area contributed by atoms with Crippen LogP contribution < -0.4 is 4.74 Å². The number of thiophene rings is 1. The molecule has 4 heteroatoms. The standard InChI is InChI=1S/C22H26BrNOS/c1-3-24(4-2)13-5-6-14-25-19-11-12-20-21(16-26-22(20)15-19)17-7-9-18(23)10-8-17/h7-12,15-16H,3-6,13-14H2,1-2H3. The first kappa shape index (κ1) is 19.4. The van der Waals surface area contributed by atoms with Gasteiger partial charge in [0.05, 0.1) is 6.61 Å². The Balaban J connectivity index is 1.59. The zero-order valence-electron chi connectivity index (χ0n) is 15.5. The largest absolute Gasteiger partial charge is 0.494 e. The van der Waals surface area contributed by atoms with E-state index in [0.717, 1.165) is 42.9 Å². The molecule has 0 spiro atoms. The quantitative estimate of drug-likeness (QED) is 0.344. The Labute approximate surface area is 168 Å². The molecule has 3 aromatic rings. The average Bonchev–Trinajstić information content (AvgIpc) is 3.08. The summed E-state index contributed by atoms with van der Waals surface area (Å²) in [7, 11) is 0. The molecule has 0 unspecified atom stereocenters. The topological polar surface area (TPSA) is 12.5 Å². The van der Waals surface area contributed by atoms with E-state index in [4.69, 9.17) is 4.74 Å². The van der Waals surface area contributed by atoms with Crippen LogP contribution in [0.3, 0.4) is 0 Å². The molecule has 0 aliphatic carbocycles. The lowest BCUT2D eigenvalue weighted by atomic mass is 10.1. The summed E-state index contributed by atoms with van der Waals surface area (Å²) >= 11 is 5.28. The molecule has 0 fully saturated rings. The Morgan fingerprint density at radius 1 is 1.00 bits per heavy atom. The Hall–Kier alpha value is -1.36. The normalized spacial score (nSPS) is 11.4. The van der Waals surface area contributed by atoms with Gasteiger partial charge in [0.25, 0.3) is 0 Å². The highest BCUT2D eigenvalue weighted by Gasteiger charge is 2.08. The van der Waals surface area contributed by atoms with Crippen LogP contribution in [-0.4, -0.2) is 31.1 Å². The minimum Gasteiger partial charge on any atom is -0.494 e. The summed E-state index contributed by atoms with van der Waals surface area (Å²) in [5.41, 5.74) is 2.55. The van der Waals surface area contributed by atoms with Gasteiger partial charge in [0.1, 0.15) is 5.75 Å². The highest BCUT2D eigenvalue weighted by atomic mass is 79.9. The van der Waals surface area contributed by atoms with Gasteiger partial charge in [0.2, 0.25) is 0 Å². The summed E-state index contributed by atoms with van der Waals surface area (Å²) in [5, 5.41) is 3.54. The van der Waals surface area contributed by atoms with Crippen LogP contribution in [0.1, 0.15) is 26.7 Å². The lowest BCUT2D eigenvalue weighted by Gasteiger charge is -2.17. The smallest absolute Gasteiger partial charge is 0.120 e. The van der Waals surface area contributed by atoms with Gasteiger partial charge in [0, 0.05) is 20.1 Å². The van der Waals surface area contributed by atoms with Crippen molar-refractivity contribution in [3.63, 3.8) is 0 Å². The van der Waals surface area contributed by atoms with E-state index in [1.54, 1.807) is 11.3 Å². The minimum absolute atomic E-state index is 0.789. The van der Waals surface area contributed by atoms with Crippen LogP contribution in [0.15, 0.2) is 52.3 Å². The van der Waals surface area contributed by atoms with Crippen molar-refractivity contribution in [2.45, 2.75) is 26.7 Å². The number of nitrogens with zero attached hydrogens (tertiary/aromatic N) is 1. The van der Waals surface area contributed by atoms with Crippen molar-refractivity contribution in [3.05, 3.63) is 52.3 Å². The Morgan fingerprint density at radius 2 is 1.77 bits per heavy atom. The van der Waals surface area contributed by atoms with E-state index in [-0.39, 0.29) is 0 Å². The molecule has 26 heavy (non-hydrogen) atoms. The summed E-state index contributed by atoms with van der Waals surface area (Å²) in [6.07, 6.45) is 2.29. The molecule has 0 aliphatic rings. The Kier molecular flexibility index (Phi) is 7.12. The fraction of sp³-hybridized carbons (Fsp3) is 0.364. The summed E-state index contributed by atoms with van der Waals surface area (Å²) in [4.78, 5) is 2.46. The number of unbranched alkanes of at least 4 members (excludes halogenated alkanes) is 1. The van der Waals surface area contributed by atoms with Crippen LogP contribution in [0.2, 0.25) is 0 Å². The van der Waals surface area contributed by atoms with E-state index in [1.807, 2.05) is 0 Å². The third-order valence-corrected chi connectivity index (χ3v) is 6.21. The van der Waals surface area contributed by atoms with Gasteiger partial charge >= 0.3 is 0 Å². The van der Waals surface area contributed by atoms with Gasteiger partial charge in [-0.25, -0.2) is 0 Å². The molecule has 1 heterocycles. The lowest BCUT2D eigenvalue weighted by molar-refractivity contribution is 0.266. The maximum Gasteiger partial charge on any atom is 0.120 e. The van der Waals surface area contributed by atoms with Crippen molar-refractivity contribution in [1.29, 1.82) is 0 Å². The van der Waals surface area contributed by atoms with E-state index in [1.165, 1.54) is 27.6 Å². The maximum absolute atomic E-state index is 5.98. The number of halogens is 1. The maximum atomic E-state index is 5.98. The van der Waals surface area contributed by atoms with E-state index in [0.29, 0.717) is 0 Å². The second-order valence-electron chi connectivity index (χ2n) is 6.40. The molecule has 0 N–H and O–H groups in total. The second kappa shape index (κ2) is 9.54. The molecular formula is C22H26BrNOS. The van der Waals surface area contributed by atoms with Crippen LogP contribution in [0.4, 0.5) is 0 Å². The monoisotopic (exact) mass is 431 g/mol. The van der Waals surface area contributed by atoms with Gasteiger partial charge in [0.15, 0.2) is 0 Å². The molecule has 138 valence electrons. The van der Waals surface area contributed by atoms with Gasteiger partial charge in [-0.1, -0.05) is 41.9 Å². The number of ether oxygens (including phenoxy) is 1. The molecule has 2 aromatic carbocycles. The van der Waals surface area contributed by atoms with Crippen molar-refractivity contribution in [1.82, 2.24) is 4.90 Å². The van der Waals surface area contributed by atoms with Crippen LogP contribution in [-0.2, 0) is 0 Å². The molecule has 0 atom stereocenters. The fourth-order valence-corrected chi connectivity index (χ4v) is 4.38. The highest BCUT2D eigenvalue weighted by molar-refractivity contribution is 9.10. The van der Waals surface area contributed by atoms with Gasteiger partial charge in [-0.15, -0.1) is 11.3 Å². The van der Waals surface area contributed by atoms with Crippen LogP contribution >= 0.6 is 27.3 Å². The summed E-state index contributed by atoms with van der Waals surface area (Å²) in [6.45, 7) is 8.66. The molecule has 0 saturated heterocycles. The molecule has 0 radical (unpaired) electrons. The molecule has 3 rings (SSSR count). The van der Waals surface area contributed by atoms with Crippen molar-refractivity contribution in [2.24, 2.45) is 0 Å². The number of fused-ring (bicyclic) bond motifs is 1. The molecule has 1 aromatic heterocycles. The molecule has 0 saturated carbocycles.